The third-order valence-electron chi connectivity index (χ3n) is 6.95. The summed E-state index contributed by atoms with van der Waals surface area (Å²) in [5.41, 5.74) is -2.12. The Balaban J connectivity index is 5.64. The van der Waals surface area contributed by atoms with Crippen LogP contribution in [-0.2, 0) is 20.9 Å². The van der Waals surface area contributed by atoms with Crippen LogP contribution in [0.25, 0.3) is 0 Å². The van der Waals surface area contributed by atoms with Gasteiger partial charge in [-0.15, -0.1) is 0 Å². The summed E-state index contributed by atoms with van der Waals surface area (Å²) in [7, 11) is 0. The van der Waals surface area contributed by atoms with Crippen molar-refractivity contribution in [1.82, 2.24) is 0 Å². The van der Waals surface area contributed by atoms with Crippen molar-refractivity contribution in [3.05, 3.63) is 0 Å². The topological polar surface area (TPSA) is 38.7 Å². The lowest BCUT2D eigenvalue weighted by atomic mass is 9.72. The molecule has 31 heavy (non-hydrogen) atoms. The minimum absolute atomic E-state index is 0.0509. The lowest BCUT2D eigenvalue weighted by molar-refractivity contribution is 0.0277. The third-order valence-corrected chi connectivity index (χ3v) is 12.4. The second kappa shape index (κ2) is 15.0. The first kappa shape index (κ1) is 31.9. The van der Waals surface area contributed by atoms with Crippen LogP contribution in [0.1, 0.15) is 114 Å². The number of rotatable bonds is 18. The Bertz CT molecular complexity index is 487. The van der Waals surface area contributed by atoms with Gasteiger partial charge in [-0.25, -0.2) is 0 Å². The Labute approximate surface area is 204 Å². The highest BCUT2D eigenvalue weighted by molar-refractivity contribution is 8.67. The maximum atomic E-state index is 9.29. The predicted octanol–water partition coefficient (Wildman–Crippen LogP) is 8.84. The minimum Gasteiger partial charge on any atom is -0.396 e. The van der Waals surface area contributed by atoms with Gasteiger partial charge in [0.1, 0.15) is 0 Å². The van der Waals surface area contributed by atoms with Gasteiger partial charge in [-0.05, 0) is 67.6 Å². The van der Waals surface area contributed by atoms with Crippen LogP contribution < -0.4 is 0 Å². The van der Waals surface area contributed by atoms with Crippen LogP contribution in [0.4, 0.5) is 0 Å². The first-order valence-electron chi connectivity index (χ1n) is 12.6. The van der Waals surface area contributed by atoms with Crippen molar-refractivity contribution in [3.8, 4) is 0 Å². The SMILES string of the molecule is CCCC(C)(C)C(CC)C(C)OP(=S)(OC(C)C(CC)C(C)(C)CCC)SCCCO. The van der Waals surface area contributed by atoms with E-state index in [1.54, 1.807) is 11.4 Å². The van der Waals surface area contributed by atoms with E-state index < -0.39 is 5.69 Å². The highest BCUT2D eigenvalue weighted by Gasteiger charge is 2.39. The maximum absolute atomic E-state index is 9.29. The standard InChI is InChI=1S/C25H53O3PS2/c1-11-16-24(7,8)22(13-3)20(5)27-29(30,31-19-15-18-26)28-21(6)23(14-4)25(9,10)17-12-2/h20-23,26H,11-19H2,1-10H3. The first-order valence-corrected chi connectivity index (χ1v) is 16.8. The second-order valence-electron chi connectivity index (χ2n) is 10.5. The van der Waals surface area contributed by atoms with Gasteiger partial charge in [0, 0.05) is 12.4 Å². The molecule has 4 atom stereocenters. The summed E-state index contributed by atoms with van der Waals surface area (Å²) in [5.74, 6) is 1.65. The molecule has 188 valence electrons. The molecule has 4 unspecified atom stereocenters. The molecule has 6 heteroatoms. The molecule has 0 aromatic rings. The quantitative estimate of drug-likeness (QED) is 0.151. The van der Waals surface area contributed by atoms with Gasteiger partial charge in [-0.2, -0.15) is 0 Å². The summed E-state index contributed by atoms with van der Waals surface area (Å²) >= 11 is 7.76. The molecule has 0 heterocycles. The van der Waals surface area contributed by atoms with E-state index in [0.717, 1.165) is 25.0 Å². The van der Waals surface area contributed by atoms with Crippen LogP contribution in [0.15, 0.2) is 0 Å². The van der Waals surface area contributed by atoms with Crippen molar-refractivity contribution < 1.29 is 14.2 Å². The van der Waals surface area contributed by atoms with E-state index in [2.05, 4.69) is 69.2 Å². The molecule has 0 saturated heterocycles. The average molecular weight is 497 g/mol. The number of hydrogen-bond acceptors (Lipinski definition) is 5. The van der Waals surface area contributed by atoms with Gasteiger partial charge in [-0.1, -0.05) is 92.5 Å². The summed E-state index contributed by atoms with van der Waals surface area (Å²) in [6.07, 6.45) is 7.67. The van der Waals surface area contributed by atoms with E-state index in [4.69, 9.17) is 20.9 Å². The zero-order valence-corrected chi connectivity index (χ0v) is 24.7. The summed E-state index contributed by atoms with van der Waals surface area (Å²) in [6, 6.07) is 0. The van der Waals surface area contributed by atoms with E-state index in [1.807, 2.05) is 0 Å². The molecular formula is C25H53O3PS2. The van der Waals surface area contributed by atoms with Gasteiger partial charge < -0.3 is 14.2 Å². The molecule has 3 nitrogen and oxygen atoms in total. The fourth-order valence-corrected chi connectivity index (χ4v) is 11.1. The molecule has 0 aliphatic carbocycles. The van der Waals surface area contributed by atoms with E-state index in [0.29, 0.717) is 11.8 Å². The fourth-order valence-electron chi connectivity index (χ4n) is 5.58. The average Bonchev–Trinajstić information content (AvgIpc) is 2.61. The Morgan fingerprint density at radius 3 is 1.52 bits per heavy atom. The van der Waals surface area contributed by atoms with E-state index >= 15 is 0 Å². The van der Waals surface area contributed by atoms with Gasteiger partial charge in [0.05, 0.1) is 12.2 Å². The maximum Gasteiger partial charge on any atom is 0.247 e. The van der Waals surface area contributed by atoms with Crippen molar-refractivity contribution in [3.63, 3.8) is 0 Å². The molecular weight excluding hydrogens is 443 g/mol. The smallest absolute Gasteiger partial charge is 0.247 e. The highest BCUT2D eigenvalue weighted by Crippen LogP contribution is 2.64. The van der Waals surface area contributed by atoms with Gasteiger partial charge in [-0.3, -0.25) is 0 Å². The Morgan fingerprint density at radius 2 is 1.23 bits per heavy atom. The number of aliphatic hydroxyl groups excluding tert-OH is 1. The highest BCUT2D eigenvalue weighted by atomic mass is 32.9. The van der Waals surface area contributed by atoms with Gasteiger partial charge in [0.2, 0.25) is 5.69 Å². The van der Waals surface area contributed by atoms with Crippen LogP contribution in [0, 0.1) is 22.7 Å². The van der Waals surface area contributed by atoms with Crippen LogP contribution in [0.5, 0.6) is 0 Å². The molecule has 1 N–H and O–H groups in total. The van der Waals surface area contributed by atoms with Crippen molar-refractivity contribution in [2.24, 2.45) is 22.7 Å². The summed E-state index contributed by atoms with van der Waals surface area (Å²) < 4.78 is 13.4. The van der Waals surface area contributed by atoms with Gasteiger partial charge >= 0.3 is 0 Å². The third kappa shape index (κ3) is 10.8. The van der Waals surface area contributed by atoms with Crippen LogP contribution in [-0.4, -0.2) is 29.7 Å². The van der Waals surface area contributed by atoms with Crippen LogP contribution in [0.3, 0.4) is 0 Å². The van der Waals surface area contributed by atoms with Crippen molar-refractivity contribution in [1.29, 1.82) is 0 Å². The van der Waals surface area contributed by atoms with Crippen molar-refractivity contribution >= 4 is 28.9 Å². The summed E-state index contributed by atoms with van der Waals surface area (Å²) in [5, 5.41) is 9.29. The van der Waals surface area contributed by atoms with Gasteiger partial charge in [0.25, 0.3) is 0 Å². The Hall–Kier alpha value is 0.880. The molecule has 0 bridgehead atoms. The Morgan fingerprint density at radius 1 is 0.839 bits per heavy atom. The summed E-state index contributed by atoms with van der Waals surface area (Å²) in [6.45, 7) is 23.0. The molecule has 0 aliphatic rings. The molecule has 0 aromatic heterocycles. The molecule has 0 fully saturated rings. The van der Waals surface area contributed by atoms with E-state index in [9.17, 15) is 5.11 Å². The molecule has 0 spiro atoms. The lowest BCUT2D eigenvalue weighted by Gasteiger charge is -2.42. The molecule has 0 aromatic carbocycles. The Kier molecular flexibility index (Phi) is 15.4. The number of hydrogen-bond donors (Lipinski definition) is 1. The van der Waals surface area contributed by atoms with Crippen LogP contribution in [0.2, 0.25) is 0 Å². The predicted molar refractivity (Wildman–Crippen MR) is 144 cm³/mol. The van der Waals surface area contributed by atoms with E-state index in [-0.39, 0.29) is 29.6 Å². The van der Waals surface area contributed by atoms with Crippen molar-refractivity contribution in [2.45, 2.75) is 126 Å². The summed E-state index contributed by atoms with van der Waals surface area (Å²) in [4.78, 5) is 0. The zero-order chi connectivity index (χ0) is 24.3. The molecule has 0 rings (SSSR count). The monoisotopic (exact) mass is 496 g/mol. The second-order valence-corrected chi connectivity index (χ2v) is 16.8. The number of aliphatic hydroxyl groups is 1. The lowest BCUT2D eigenvalue weighted by Crippen LogP contribution is -2.35. The molecule has 0 saturated carbocycles. The van der Waals surface area contributed by atoms with E-state index in [1.165, 1.54) is 25.7 Å². The van der Waals surface area contributed by atoms with Crippen LogP contribution >= 0.6 is 17.1 Å². The fraction of sp³-hybridized carbons (Fsp3) is 1.00. The molecule has 0 radical (unpaired) electrons. The zero-order valence-electron chi connectivity index (χ0n) is 22.2. The largest absolute Gasteiger partial charge is 0.396 e. The minimum atomic E-state index is -2.53. The molecule has 0 aliphatic heterocycles. The van der Waals surface area contributed by atoms with Gasteiger partial charge in [0.15, 0.2) is 0 Å². The molecule has 0 amide bonds. The first-order chi connectivity index (χ1) is 14.3. The van der Waals surface area contributed by atoms with Crippen molar-refractivity contribution in [2.75, 3.05) is 12.4 Å². The normalized spacial score (nSPS) is 18.9.